The lowest BCUT2D eigenvalue weighted by Crippen LogP contribution is -2.17. The Labute approximate surface area is 159 Å². The van der Waals surface area contributed by atoms with Crippen molar-refractivity contribution in [1.29, 1.82) is 0 Å². The Morgan fingerprint density at radius 3 is 2.50 bits per heavy atom. The summed E-state index contributed by atoms with van der Waals surface area (Å²) in [6.45, 7) is 0. The Hall–Kier alpha value is -2.30. The third kappa shape index (κ3) is 4.75. The largest absolute Gasteiger partial charge is 0.433 e. The predicted molar refractivity (Wildman–Crippen MR) is 89.9 cm³/mol. The van der Waals surface area contributed by atoms with E-state index in [1.54, 1.807) is 0 Å². The van der Waals surface area contributed by atoms with Crippen LogP contribution < -0.4 is 5.32 Å². The zero-order valence-electron chi connectivity index (χ0n) is 14.1. The maximum absolute atomic E-state index is 13.2. The number of benzene rings is 1. The van der Waals surface area contributed by atoms with E-state index in [0.717, 1.165) is 18.2 Å². The van der Waals surface area contributed by atoms with Gasteiger partial charge in [-0.15, -0.1) is 0 Å². The number of amides is 1. The zero-order chi connectivity index (χ0) is 20.5. The second kappa shape index (κ2) is 7.61. The number of alkyl halides is 6. The maximum atomic E-state index is 13.2. The average Bonchev–Trinajstić information content (AvgIpc) is 3.06. The summed E-state index contributed by atoms with van der Waals surface area (Å²) in [6.07, 6.45) is -7.96. The minimum atomic E-state index is -4.62. The molecule has 0 bridgehead atoms. The minimum Gasteiger partial charge on any atom is -0.325 e. The summed E-state index contributed by atoms with van der Waals surface area (Å²) in [5, 5.41) is 2.10. The highest BCUT2D eigenvalue weighted by Gasteiger charge is 2.38. The van der Waals surface area contributed by atoms with Crippen molar-refractivity contribution in [2.24, 2.45) is 0 Å². The Balaban J connectivity index is 1.69. The number of aryl methyl sites for hydroxylation is 1. The number of anilines is 1. The molecule has 1 aliphatic rings. The van der Waals surface area contributed by atoms with Gasteiger partial charge in [-0.2, -0.15) is 26.3 Å². The van der Waals surface area contributed by atoms with Crippen molar-refractivity contribution in [3.8, 4) is 0 Å². The Morgan fingerprint density at radius 1 is 1.07 bits per heavy atom. The van der Waals surface area contributed by atoms with Gasteiger partial charge in [0.15, 0.2) is 10.9 Å². The highest BCUT2D eigenvalue weighted by molar-refractivity contribution is 7.99. The standard InChI is InChI=1S/C17H13F6N3OS/c18-16(19,20)9-3-1-4-10(7-9)24-13(27)8-28-15-25-12-6-2-5-11(12)14(26-15)17(21,22)23/h1,3-4,7H,2,5-6,8H2,(H,24,27). The lowest BCUT2D eigenvalue weighted by molar-refractivity contribution is -0.142. The van der Waals surface area contributed by atoms with Gasteiger partial charge in [-0.05, 0) is 37.5 Å². The van der Waals surface area contributed by atoms with Crippen molar-refractivity contribution in [2.75, 3.05) is 11.1 Å². The fraction of sp³-hybridized carbons (Fsp3) is 0.353. The molecule has 0 radical (unpaired) electrons. The van der Waals surface area contributed by atoms with Crippen molar-refractivity contribution in [2.45, 2.75) is 36.8 Å². The van der Waals surface area contributed by atoms with Gasteiger partial charge in [0.2, 0.25) is 5.91 Å². The van der Waals surface area contributed by atoms with Crippen LogP contribution in [0.25, 0.3) is 0 Å². The van der Waals surface area contributed by atoms with E-state index in [1.807, 2.05) is 0 Å². The average molecular weight is 421 g/mol. The summed E-state index contributed by atoms with van der Waals surface area (Å²) in [7, 11) is 0. The van der Waals surface area contributed by atoms with Crippen LogP contribution >= 0.6 is 11.8 Å². The van der Waals surface area contributed by atoms with Crippen LogP contribution in [0.3, 0.4) is 0 Å². The highest BCUT2D eigenvalue weighted by Crippen LogP contribution is 2.36. The molecule has 1 aromatic carbocycles. The van der Waals surface area contributed by atoms with Gasteiger partial charge in [-0.3, -0.25) is 4.79 Å². The molecule has 0 atom stereocenters. The number of carbonyl (C=O) groups excluding carboxylic acids is 1. The fourth-order valence-corrected chi connectivity index (χ4v) is 3.47. The van der Waals surface area contributed by atoms with Crippen LogP contribution in [-0.2, 0) is 30.0 Å². The van der Waals surface area contributed by atoms with Crippen molar-refractivity contribution >= 4 is 23.4 Å². The summed E-state index contributed by atoms with van der Waals surface area (Å²) in [6, 6.07) is 4.06. The van der Waals surface area contributed by atoms with E-state index in [1.165, 1.54) is 6.07 Å². The van der Waals surface area contributed by atoms with E-state index < -0.39 is 29.5 Å². The summed E-state index contributed by atoms with van der Waals surface area (Å²) in [4.78, 5) is 19.6. The Kier molecular flexibility index (Phi) is 5.55. The molecule has 0 saturated heterocycles. The summed E-state index contributed by atoms with van der Waals surface area (Å²) in [5.41, 5.74) is -1.56. The molecule has 0 unspecified atom stereocenters. The first-order valence-corrected chi connectivity index (χ1v) is 9.09. The molecule has 150 valence electrons. The van der Waals surface area contributed by atoms with E-state index in [0.29, 0.717) is 30.3 Å². The Bertz CT molecular complexity index is 897. The molecule has 4 nitrogen and oxygen atoms in total. The molecule has 0 saturated carbocycles. The third-order valence-electron chi connectivity index (χ3n) is 3.99. The quantitative estimate of drug-likeness (QED) is 0.441. The number of fused-ring (bicyclic) bond motifs is 1. The maximum Gasteiger partial charge on any atom is 0.433 e. The molecule has 1 heterocycles. The SMILES string of the molecule is O=C(CSc1nc2c(c(C(F)(F)F)n1)CCC2)Nc1cccc(C(F)(F)F)c1. The van der Waals surface area contributed by atoms with E-state index in [4.69, 9.17) is 0 Å². The fourth-order valence-electron chi connectivity index (χ4n) is 2.81. The number of nitrogens with one attached hydrogen (secondary N) is 1. The van der Waals surface area contributed by atoms with Crippen molar-refractivity contribution in [3.05, 3.63) is 46.8 Å². The predicted octanol–water partition coefficient (Wildman–Crippen LogP) is 4.73. The number of thioether (sulfide) groups is 1. The summed E-state index contributed by atoms with van der Waals surface area (Å²) in [5.74, 6) is -1.02. The topological polar surface area (TPSA) is 54.9 Å². The molecule has 0 aliphatic heterocycles. The van der Waals surface area contributed by atoms with Gasteiger partial charge < -0.3 is 5.32 Å². The van der Waals surface area contributed by atoms with Crippen LogP contribution in [0.1, 0.15) is 28.9 Å². The molecule has 1 aromatic heterocycles. The van der Waals surface area contributed by atoms with Crippen LogP contribution in [0.5, 0.6) is 0 Å². The molecule has 1 N–H and O–H groups in total. The zero-order valence-corrected chi connectivity index (χ0v) is 14.9. The van der Waals surface area contributed by atoms with Gasteiger partial charge in [-0.25, -0.2) is 9.97 Å². The second-order valence-electron chi connectivity index (χ2n) is 6.05. The first-order chi connectivity index (χ1) is 13.0. The summed E-state index contributed by atoms with van der Waals surface area (Å²) < 4.78 is 77.6. The van der Waals surface area contributed by atoms with Gasteiger partial charge in [0.05, 0.1) is 11.3 Å². The van der Waals surface area contributed by atoms with Crippen molar-refractivity contribution < 1.29 is 31.1 Å². The molecular weight excluding hydrogens is 408 g/mol. The number of hydrogen-bond donors (Lipinski definition) is 1. The molecule has 3 rings (SSSR count). The number of carbonyl (C=O) groups is 1. The summed E-state index contributed by atoms with van der Waals surface area (Å²) >= 11 is 0.697. The van der Waals surface area contributed by atoms with E-state index in [9.17, 15) is 31.1 Å². The van der Waals surface area contributed by atoms with Gasteiger partial charge in [0.1, 0.15) is 0 Å². The van der Waals surface area contributed by atoms with E-state index in [-0.39, 0.29) is 28.6 Å². The van der Waals surface area contributed by atoms with Gasteiger partial charge in [-0.1, -0.05) is 17.8 Å². The Morgan fingerprint density at radius 2 is 1.82 bits per heavy atom. The van der Waals surface area contributed by atoms with Gasteiger partial charge in [0.25, 0.3) is 0 Å². The first kappa shape index (κ1) is 20.4. The van der Waals surface area contributed by atoms with Crippen LogP contribution in [-0.4, -0.2) is 21.6 Å². The third-order valence-corrected chi connectivity index (χ3v) is 4.83. The highest BCUT2D eigenvalue weighted by atomic mass is 32.2. The number of halogens is 6. The smallest absolute Gasteiger partial charge is 0.325 e. The van der Waals surface area contributed by atoms with Crippen LogP contribution in [0.2, 0.25) is 0 Å². The second-order valence-corrected chi connectivity index (χ2v) is 6.99. The number of hydrogen-bond acceptors (Lipinski definition) is 4. The van der Waals surface area contributed by atoms with E-state index in [2.05, 4.69) is 15.3 Å². The number of nitrogens with zero attached hydrogens (tertiary/aromatic N) is 2. The van der Waals surface area contributed by atoms with Gasteiger partial charge >= 0.3 is 12.4 Å². The van der Waals surface area contributed by atoms with E-state index >= 15 is 0 Å². The van der Waals surface area contributed by atoms with Gasteiger partial charge in [0, 0.05) is 16.9 Å². The van der Waals surface area contributed by atoms with Crippen molar-refractivity contribution in [3.63, 3.8) is 0 Å². The van der Waals surface area contributed by atoms with Crippen LogP contribution in [0, 0.1) is 0 Å². The van der Waals surface area contributed by atoms with Crippen LogP contribution in [0.4, 0.5) is 32.0 Å². The minimum absolute atomic E-state index is 0.0636. The molecular formula is C17H13F6N3OS. The van der Waals surface area contributed by atoms with Crippen LogP contribution in [0.15, 0.2) is 29.4 Å². The molecule has 28 heavy (non-hydrogen) atoms. The molecule has 0 spiro atoms. The molecule has 2 aromatic rings. The number of aromatic nitrogens is 2. The van der Waals surface area contributed by atoms with Crippen molar-refractivity contribution in [1.82, 2.24) is 9.97 Å². The first-order valence-electron chi connectivity index (χ1n) is 8.11. The molecule has 1 aliphatic carbocycles. The lowest BCUT2D eigenvalue weighted by atomic mass is 10.2. The monoisotopic (exact) mass is 421 g/mol. The molecule has 0 fully saturated rings. The normalized spacial score (nSPS) is 14.1. The lowest BCUT2D eigenvalue weighted by Gasteiger charge is -2.12. The number of rotatable bonds is 4. The molecule has 1 amide bonds. The molecule has 11 heteroatoms.